The first-order valence-electron chi connectivity index (χ1n) is 5.77. The van der Waals surface area contributed by atoms with Crippen LogP contribution in [0.3, 0.4) is 0 Å². The number of amides is 1. The van der Waals surface area contributed by atoms with Crippen molar-refractivity contribution in [3.63, 3.8) is 0 Å². The molecule has 1 rings (SSSR count). The molecule has 1 aromatic carbocycles. The van der Waals surface area contributed by atoms with Gasteiger partial charge in [0.15, 0.2) is 6.04 Å². The molecule has 0 aromatic heterocycles. The van der Waals surface area contributed by atoms with E-state index in [1.165, 1.54) is 20.3 Å². The molecule has 1 aromatic rings. The fourth-order valence-corrected chi connectivity index (χ4v) is 1.60. The van der Waals surface area contributed by atoms with E-state index in [1.807, 2.05) is 0 Å². The lowest BCUT2D eigenvalue weighted by molar-refractivity contribution is -0.142. The zero-order valence-electron chi connectivity index (χ0n) is 11.1. The molecular weight excluding hydrogens is 250 g/mol. The number of nitrogens with one attached hydrogen (secondary N) is 1. The predicted molar refractivity (Wildman–Crippen MR) is 68.4 cm³/mol. The van der Waals surface area contributed by atoms with Gasteiger partial charge in [0.05, 0.1) is 14.2 Å². The van der Waals surface area contributed by atoms with Crippen molar-refractivity contribution in [2.45, 2.75) is 19.4 Å². The molecule has 1 amide bonds. The van der Waals surface area contributed by atoms with Gasteiger partial charge in [-0.3, -0.25) is 4.79 Å². The third-order valence-corrected chi connectivity index (χ3v) is 2.62. The van der Waals surface area contributed by atoms with E-state index in [0.717, 1.165) is 0 Å². The number of ether oxygens (including phenoxy) is 2. The van der Waals surface area contributed by atoms with E-state index in [1.54, 1.807) is 19.1 Å². The second-order valence-corrected chi connectivity index (χ2v) is 3.80. The number of aliphatic carboxylic acids is 1. The Morgan fingerprint density at radius 1 is 1.32 bits per heavy atom. The molecule has 2 N–H and O–H groups in total. The third kappa shape index (κ3) is 3.61. The second-order valence-electron chi connectivity index (χ2n) is 3.80. The summed E-state index contributed by atoms with van der Waals surface area (Å²) in [7, 11) is 2.91. The van der Waals surface area contributed by atoms with Crippen LogP contribution < -0.4 is 14.8 Å². The molecule has 0 aliphatic heterocycles. The lowest BCUT2D eigenvalue weighted by atomic mass is 10.0. The highest BCUT2D eigenvalue weighted by Crippen LogP contribution is 2.29. The van der Waals surface area contributed by atoms with Crippen LogP contribution in [0.15, 0.2) is 18.2 Å². The number of hydrogen-bond donors (Lipinski definition) is 2. The molecule has 0 bridgehead atoms. The van der Waals surface area contributed by atoms with Crippen molar-refractivity contribution in [1.82, 2.24) is 5.32 Å². The fraction of sp³-hybridized carbons (Fsp3) is 0.385. The van der Waals surface area contributed by atoms with Crippen LogP contribution in [-0.2, 0) is 9.59 Å². The minimum Gasteiger partial charge on any atom is -0.497 e. The van der Waals surface area contributed by atoms with E-state index in [9.17, 15) is 14.7 Å². The van der Waals surface area contributed by atoms with Crippen molar-refractivity contribution in [1.29, 1.82) is 0 Å². The van der Waals surface area contributed by atoms with Crippen molar-refractivity contribution in [3.05, 3.63) is 23.8 Å². The van der Waals surface area contributed by atoms with E-state index in [-0.39, 0.29) is 12.3 Å². The van der Waals surface area contributed by atoms with E-state index < -0.39 is 12.0 Å². The fourth-order valence-electron chi connectivity index (χ4n) is 1.60. The van der Waals surface area contributed by atoms with Crippen LogP contribution in [0.2, 0.25) is 0 Å². The zero-order chi connectivity index (χ0) is 14.4. The topological polar surface area (TPSA) is 84.9 Å². The van der Waals surface area contributed by atoms with E-state index in [0.29, 0.717) is 17.1 Å². The van der Waals surface area contributed by atoms with Gasteiger partial charge in [0.1, 0.15) is 11.5 Å². The molecule has 0 aliphatic carbocycles. The van der Waals surface area contributed by atoms with E-state index >= 15 is 0 Å². The maximum Gasteiger partial charge on any atom is 0.331 e. The normalized spacial score (nSPS) is 11.5. The van der Waals surface area contributed by atoms with Crippen LogP contribution in [0.1, 0.15) is 24.9 Å². The summed E-state index contributed by atoms with van der Waals surface area (Å²) in [5.74, 6) is -0.636. The van der Waals surface area contributed by atoms with E-state index in [4.69, 9.17) is 9.47 Å². The molecular formula is C13H17NO5. The van der Waals surface area contributed by atoms with Crippen molar-refractivity contribution in [3.8, 4) is 11.5 Å². The number of carboxylic acids is 1. The van der Waals surface area contributed by atoms with Crippen LogP contribution in [0.4, 0.5) is 0 Å². The highest BCUT2D eigenvalue weighted by molar-refractivity contribution is 5.85. The van der Waals surface area contributed by atoms with Crippen molar-refractivity contribution >= 4 is 11.9 Å². The van der Waals surface area contributed by atoms with Crippen LogP contribution in [0.25, 0.3) is 0 Å². The number of benzene rings is 1. The summed E-state index contributed by atoms with van der Waals surface area (Å²) in [5, 5.41) is 11.7. The summed E-state index contributed by atoms with van der Waals surface area (Å²) in [5.41, 5.74) is 0.344. The SMILES string of the molecule is CCC(=O)NC(C(=O)O)c1cc(OC)ccc1OC. The van der Waals surface area contributed by atoms with Gasteiger partial charge >= 0.3 is 5.97 Å². The summed E-state index contributed by atoms with van der Waals surface area (Å²) in [6.07, 6.45) is 0.204. The Balaban J connectivity index is 3.19. The predicted octanol–water partition coefficient (Wildman–Crippen LogP) is 1.36. The lowest BCUT2D eigenvalue weighted by Crippen LogP contribution is -2.33. The Hall–Kier alpha value is -2.24. The standard InChI is InChI=1S/C13H17NO5/c1-4-11(15)14-12(13(16)17)9-7-8(18-2)5-6-10(9)19-3/h5-7,12H,4H2,1-3H3,(H,14,15)(H,16,17). The summed E-state index contributed by atoms with van der Waals surface area (Å²) in [4.78, 5) is 22.7. The van der Waals surface area contributed by atoms with Gasteiger partial charge in [0, 0.05) is 12.0 Å². The molecule has 0 radical (unpaired) electrons. The summed E-state index contributed by atoms with van der Waals surface area (Å²) in [6, 6.07) is 3.62. The van der Waals surface area contributed by atoms with Gasteiger partial charge in [-0.2, -0.15) is 0 Å². The van der Waals surface area contributed by atoms with Gasteiger partial charge < -0.3 is 19.9 Å². The largest absolute Gasteiger partial charge is 0.497 e. The van der Waals surface area contributed by atoms with Gasteiger partial charge in [-0.25, -0.2) is 4.79 Å². The minimum atomic E-state index is -1.17. The Labute approximate surface area is 111 Å². The van der Waals surface area contributed by atoms with E-state index in [2.05, 4.69) is 5.32 Å². The quantitative estimate of drug-likeness (QED) is 0.812. The molecule has 0 heterocycles. The molecule has 1 unspecified atom stereocenters. The first-order chi connectivity index (χ1) is 9.03. The van der Waals surface area contributed by atoms with Crippen molar-refractivity contribution in [2.75, 3.05) is 14.2 Å². The first kappa shape index (κ1) is 14.8. The van der Waals surface area contributed by atoms with Crippen LogP contribution >= 0.6 is 0 Å². The van der Waals surface area contributed by atoms with Crippen LogP contribution in [-0.4, -0.2) is 31.2 Å². The molecule has 104 valence electrons. The molecule has 0 fully saturated rings. The van der Waals surface area contributed by atoms with Gasteiger partial charge in [0.2, 0.25) is 5.91 Å². The molecule has 6 heteroatoms. The van der Waals surface area contributed by atoms with Crippen LogP contribution in [0.5, 0.6) is 11.5 Å². The Morgan fingerprint density at radius 3 is 2.47 bits per heavy atom. The highest BCUT2D eigenvalue weighted by Gasteiger charge is 2.25. The molecule has 0 spiro atoms. The first-order valence-corrected chi connectivity index (χ1v) is 5.77. The number of methoxy groups -OCH3 is 2. The van der Waals surface area contributed by atoms with Gasteiger partial charge in [-0.15, -0.1) is 0 Å². The van der Waals surface area contributed by atoms with Gasteiger partial charge in [0.25, 0.3) is 0 Å². The molecule has 0 saturated heterocycles. The van der Waals surface area contributed by atoms with Crippen LogP contribution in [0, 0.1) is 0 Å². The van der Waals surface area contributed by atoms with Crippen molar-refractivity contribution < 1.29 is 24.2 Å². The Bertz CT molecular complexity index is 472. The third-order valence-electron chi connectivity index (χ3n) is 2.62. The number of hydrogen-bond acceptors (Lipinski definition) is 4. The number of carboxylic acid groups (broad SMARTS) is 1. The summed E-state index contributed by atoms with van der Waals surface area (Å²) in [6.45, 7) is 1.65. The molecule has 0 saturated carbocycles. The summed E-state index contributed by atoms with van der Waals surface area (Å²) < 4.78 is 10.2. The average molecular weight is 267 g/mol. The minimum absolute atomic E-state index is 0.204. The summed E-state index contributed by atoms with van der Waals surface area (Å²) >= 11 is 0. The lowest BCUT2D eigenvalue weighted by Gasteiger charge is -2.18. The molecule has 19 heavy (non-hydrogen) atoms. The Morgan fingerprint density at radius 2 is 2.00 bits per heavy atom. The molecule has 6 nitrogen and oxygen atoms in total. The Kier molecular flexibility index (Phi) is 5.17. The molecule has 1 atom stereocenters. The number of rotatable bonds is 6. The second kappa shape index (κ2) is 6.63. The maximum absolute atomic E-state index is 11.4. The number of carbonyl (C=O) groups excluding carboxylic acids is 1. The zero-order valence-corrected chi connectivity index (χ0v) is 11.1. The highest BCUT2D eigenvalue weighted by atomic mass is 16.5. The maximum atomic E-state index is 11.4. The van der Waals surface area contributed by atoms with Gasteiger partial charge in [-0.05, 0) is 18.2 Å². The monoisotopic (exact) mass is 267 g/mol. The van der Waals surface area contributed by atoms with Crippen molar-refractivity contribution in [2.24, 2.45) is 0 Å². The molecule has 0 aliphatic rings. The number of carbonyl (C=O) groups is 2. The average Bonchev–Trinajstić information content (AvgIpc) is 2.43. The van der Waals surface area contributed by atoms with Gasteiger partial charge in [-0.1, -0.05) is 6.92 Å². The smallest absolute Gasteiger partial charge is 0.331 e.